The number of aryl methyl sites for hydroxylation is 1. The molecule has 1 heterocycles. The molecule has 0 fully saturated rings. The predicted octanol–water partition coefficient (Wildman–Crippen LogP) is 3.58. The molecule has 0 radical (unpaired) electrons. The topological polar surface area (TPSA) is 34.1 Å². The van der Waals surface area contributed by atoms with E-state index in [2.05, 4.69) is 34.6 Å². The number of fused-ring (bicyclic) bond motifs is 1. The molecule has 0 bridgehead atoms. The fourth-order valence-electron chi connectivity index (χ4n) is 2.73. The maximum Gasteiger partial charge on any atom is 0.169 e. The van der Waals surface area contributed by atoms with Crippen LogP contribution in [0.25, 0.3) is 0 Å². The maximum absolute atomic E-state index is 5.35. The number of hydrogen-bond acceptors (Lipinski definition) is 3. The van der Waals surface area contributed by atoms with Gasteiger partial charge in [-0.3, -0.25) is 0 Å². The van der Waals surface area contributed by atoms with E-state index in [0.717, 1.165) is 18.0 Å². The van der Waals surface area contributed by atoms with Gasteiger partial charge in [-0.25, -0.2) is 4.98 Å². The molecule has 1 unspecified atom stereocenters. The molecule has 1 aromatic heterocycles. The number of nitrogens with one attached hydrogen (secondary N) is 1. The predicted molar refractivity (Wildman–Crippen MR) is 76.5 cm³/mol. The van der Waals surface area contributed by atoms with Crippen LogP contribution in [0.1, 0.15) is 30.0 Å². The van der Waals surface area contributed by atoms with Crippen molar-refractivity contribution in [2.24, 2.45) is 0 Å². The molecule has 0 amide bonds. The van der Waals surface area contributed by atoms with Crippen LogP contribution < -0.4 is 10.1 Å². The lowest BCUT2D eigenvalue weighted by Crippen LogP contribution is -2.18. The first-order chi connectivity index (χ1) is 9.38. The molecule has 1 aliphatic rings. The summed E-state index contributed by atoms with van der Waals surface area (Å²) in [7, 11) is 1.68. The Hall–Kier alpha value is -2.03. The number of anilines is 1. The van der Waals surface area contributed by atoms with E-state index < -0.39 is 0 Å². The van der Waals surface area contributed by atoms with Crippen LogP contribution in [0, 0.1) is 0 Å². The molecule has 19 heavy (non-hydrogen) atoms. The van der Waals surface area contributed by atoms with Gasteiger partial charge in [-0.05, 0) is 42.5 Å². The van der Waals surface area contributed by atoms with Crippen LogP contribution >= 0.6 is 0 Å². The third-order valence-electron chi connectivity index (χ3n) is 3.67. The van der Waals surface area contributed by atoms with Crippen molar-refractivity contribution in [3.05, 3.63) is 53.7 Å². The van der Waals surface area contributed by atoms with E-state index in [1.165, 1.54) is 24.0 Å². The largest absolute Gasteiger partial charge is 0.493 e. The van der Waals surface area contributed by atoms with Gasteiger partial charge in [-0.2, -0.15) is 0 Å². The first-order valence-corrected chi connectivity index (χ1v) is 6.72. The van der Waals surface area contributed by atoms with E-state index in [1.54, 1.807) is 13.3 Å². The minimum absolute atomic E-state index is 0.328. The minimum atomic E-state index is 0.328. The van der Waals surface area contributed by atoms with Crippen molar-refractivity contribution in [3.8, 4) is 5.75 Å². The highest BCUT2D eigenvalue weighted by molar-refractivity contribution is 5.52. The summed E-state index contributed by atoms with van der Waals surface area (Å²) >= 11 is 0. The molecule has 1 aromatic carbocycles. The number of rotatable bonds is 3. The van der Waals surface area contributed by atoms with Gasteiger partial charge in [0.25, 0.3) is 0 Å². The van der Waals surface area contributed by atoms with Crippen molar-refractivity contribution >= 4 is 5.82 Å². The zero-order valence-electron chi connectivity index (χ0n) is 11.1. The van der Waals surface area contributed by atoms with Crippen LogP contribution in [0.4, 0.5) is 5.82 Å². The molecule has 0 saturated carbocycles. The number of pyridine rings is 1. The Kier molecular flexibility index (Phi) is 3.36. The Morgan fingerprint density at radius 2 is 2.11 bits per heavy atom. The number of methoxy groups -OCH3 is 1. The summed E-state index contributed by atoms with van der Waals surface area (Å²) in [6.07, 6.45) is 5.31. The SMILES string of the molecule is COc1cccnc1NC1CCCc2ccccc21. The van der Waals surface area contributed by atoms with Crippen molar-refractivity contribution in [2.75, 3.05) is 12.4 Å². The highest BCUT2D eigenvalue weighted by Gasteiger charge is 2.20. The molecule has 0 spiro atoms. The average Bonchev–Trinajstić information content (AvgIpc) is 2.48. The molecule has 1 atom stereocenters. The van der Waals surface area contributed by atoms with Gasteiger partial charge >= 0.3 is 0 Å². The Morgan fingerprint density at radius 1 is 1.21 bits per heavy atom. The van der Waals surface area contributed by atoms with E-state index in [1.807, 2.05) is 12.1 Å². The molecule has 0 aliphatic heterocycles. The van der Waals surface area contributed by atoms with Crippen LogP contribution in [-0.2, 0) is 6.42 Å². The first kappa shape index (κ1) is 12.0. The summed E-state index contributed by atoms with van der Waals surface area (Å²) in [5.74, 6) is 1.62. The smallest absolute Gasteiger partial charge is 0.169 e. The molecule has 3 heteroatoms. The van der Waals surface area contributed by atoms with Crippen LogP contribution in [0.3, 0.4) is 0 Å². The van der Waals surface area contributed by atoms with E-state index in [0.29, 0.717) is 6.04 Å². The maximum atomic E-state index is 5.35. The van der Waals surface area contributed by atoms with Crippen LogP contribution in [-0.4, -0.2) is 12.1 Å². The number of benzene rings is 1. The highest BCUT2D eigenvalue weighted by Crippen LogP contribution is 2.33. The molecular formula is C16H18N2O. The fourth-order valence-corrected chi connectivity index (χ4v) is 2.73. The third-order valence-corrected chi connectivity index (χ3v) is 3.67. The molecule has 3 rings (SSSR count). The molecule has 98 valence electrons. The molecule has 0 saturated heterocycles. The van der Waals surface area contributed by atoms with Crippen molar-refractivity contribution in [2.45, 2.75) is 25.3 Å². The van der Waals surface area contributed by atoms with Gasteiger partial charge in [0.15, 0.2) is 11.6 Å². The first-order valence-electron chi connectivity index (χ1n) is 6.72. The third kappa shape index (κ3) is 2.41. The number of hydrogen-bond donors (Lipinski definition) is 1. The summed E-state index contributed by atoms with van der Waals surface area (Å²) in [5, 5.41) is 3.52. The second-order valence-corrected chi connectivity index (χ2v) is 4.84. The van der Waals surface area contributed by atoms with Gasteiger partial charge in [0.1, 0.15) is 0 Å². The Morgan fingerprint density at radius 3 is 3.00 bits per heavy atom. The minimum Gasteiger partial charge on any atom is -0.493 e. The van der Waals surface area contributed by atoms with E-state index >= 15 is 0 Å². The Bertz CT molecular complexity index is 568. The summed E-state index contributed by atoms with van der Waals surface area (Å²) in [6, 6.07) is 12.8. The second kappa shape index (κ2) is 5.31. The quantitative estimate of drug-likeness (QED) is 0.909. The Labute approximate surface area is 113 Å². The fraction of sp³-hybridized carbons (Fsp3) is 0.312. The van der Waals surface area contributed by atoms with Crippen molar-refractivity contribution in [1.29, 1.82) is 0 Å². The lowest BCUT2D eigenvalue weighted by Gasteiger charge is -2.27. The summed E-state index contributed by atoms with van der Waals surface area (Å²) < 4.78 is 5.35. The molecule has 1 aliphatic carbocycles. The summed E-state index contributed by atoms with van der Waals surface area (Å²) in [4.78, 5) is 4.38. The standard InChI is InChI=1S/C16H18N2O/c1-19-15-10-5-11-17-16(15)18-14-9-4-7-12-6-2-3-8-13(12)14/h2-3,5-6,8,10-11,14H,4,7,9H2,1H3,(H,17,18). The monoisotopic (exact) mass is 254 g/mol. The summed E-state index contributed by atoms with van der Waals surface area (Å²) in [5.41, 5.74) is 2.84. The van der Waals surface area contributed by atoms with E-state index in [4.69, 9.17) is 4.74 Å². The average molecular weight is 254 g/mol. The van der Waals surface area contributed by atoms with Gasteiger partial charge in [0, 0.05) is 6.20 Å². The molecular weight excluding hydrogens is 236 g/mol. The normalized spacial score (nSPS) is 17.6. The van der Waals surface area contributed by atoms with E-state index in [9.17, 15) is 0 Å². The lowest BCUT2D eigenvalue weighted by molar-refractivity contribution is 0.413. The lowest BCUT2D eigenvalue weighted by atomic mass is 9.88. The summed E-state index contributed by atoms with van der Waals surface area (Å²) in [6.45, 7) is 0. The van der Waals surface area contributed by atoms with E-state index in [-0.39, 0.29) is 0 Å². The highest BCUT2D eigenvalue weighted by atomic mass is 16.5. The van der Waals surface area contributed by atoms with Crippen LogP contribution in [0.15, 0.2) is 42.6 Å². The molecule has 3 nitrogen and oxygen atoms in total. The zero-order chi connectivity index (χ0) is 13.1. The van der Waals surface area contributed by atoms with Crippen molar-refractivity contribution in [1.82, 2.24) is 4.98 Å². The number of aromatic nitrogens is 1. The Balaban J connectivity index is 1.88. The molecule has 1 N–H and O–H groups in total. The number of ether oxygens (including phenoxy) is 1. The van der Waals surface area contributed by atoms with Crippen molar-refractivity contribution in [3.63, 3.8) is 0 Å². The van der Waals surface area contributed by atoms with Gasteiger partial charge in [0.2, 0.25) is 0 Å². The van der Waals surface area contributed by atoms with Gasteiger partial charge in [0.05, 0.1) is 13.2 Å². The second-order valence-electron chi connectivity index (χ2n) is 4.84. The molecule has 2 aromatic rings. The van der Waals surface area contributed by atoms with Gasteiger partial charge in [-0.1, -0.05) is 24.3 Å². The van der Waals surface area contributed by atoms with Crippen molar-refractivity contribution < 1.29 is 4.74 Å². The number of nitrogens with zero attached hydrogens (tertiary/aromatic N) is 1. The van der Waals surface area contributed by atoms with Gasteiger partial charge in [-0.15, -0.1) is 0 Å². The van der Waals surface area contributed by atoms with Crippen LogP contribution in [0.2, 0.25) is 0 Å². The van der Waals surface area contributed by atoms with Crippen LogP contribution in [0.5, 0.6) is 5.75 Å². The zero-order valence-corrected chi connectivity index (χ0v) is 11.1. The van der Waals surface area contributed by atoms with Gasteiger partial charge < -0.3 is 10.1 Å².